The predicted molar refractivity (Wildman–Crippen MR) is 83.6 cm³/mol. The van der Waals surface area contributed by atoms with Gasteiger partial charge in [-0.3, -0.25) is 11.3 Å². The predicted octanol–water partition coefficient (Wildman–Crippen LogP) is 2.25. The van der Waals surface area contributed by atoms with Crippen molar-refractivity contribution >= 4 is 22.4 Å². The smallest absolute Gasteiger partial charge is 0.111 e. The molecule has 0 bridgehead atoms. The third-order valence-electron chi connectivity index (χ3n) is 3.57. The molecular formula is C15H18N4S. The van der Waals surface area contributed by atoms with Gasteiger partial charge in [0.2, 0.25) is 0 Å². The van der Waals surface area contributed by atoms with Gasteiger partial charge in [0.1, 0.15) is 5.82 Å². The minimum atomic E-state index is 0.198. The molecule has 0 aliphatic carbocycles. The van der Waals surface area contributed by atoms with Crippen LogP contribution >= 0.6 is 11.3 Å². The molecule has 1 aromatic carbocycles. The molecule has 3 N–H and O–H groups in total. The summed E-state index contributed by atoms with van der Waals surface area (Å²) < 4.78 is 2.15. The fraction of sp³-hybridized carbons (Fsp3) is 0.267. The van der Waals surface area contributed by atoms with Crippen LogP contribution in [0.4, 0.5) is 0 Å². The van der Waals surface area contributed by atoms with E-state index in [4.69, 9.17) is 10.8 Å². The largest absolute Gasteiger partial charge is 0.331 e. The zero-order valence-electron chi connectivity index (χ0n) is 11.4. The lowest BCUT2D eigenvalue weighted by molar-refractivity contribution is 0.509. The number of hydrogen-bond donors (Lipinski definition) is 2. The third kappa shape index (κ3) is 2.60. The zero-order valence-corrected chi connectivity index (χ0v) is 12.2. The van der Waals surface area contributed by atoms with Crippen LogP contribution in [-0.4, -0.2) is 15.6 Å². The van der Waals surface area contributed by atoms with Crippen molar-refractivity contribution in [2.75, 3.05) is 0 Å². The van der Waals surface area contributed by atoms with Crippen LogP contribution in [0.25, 0.3) is 11.0 Å². The van der Waals surface area contributed by atoms with Crippen molar-refractivity contribution in [1.82, 2.24) is 15.0 Å². The summed E-state index contributed by atoms with van der Waals surface area (Å²) in [6, 6.07) is 12.6. The van der Waals surface area contributed by atoms with E-state index in [2.05, 4.69) is 40.6 Å². The van der Waals surface area contributed by atoms with Crippen molar-refractivity contribution in [2.24, 2.45) is 12.9 Å². The molecule has 0 fully saturated rings. The Morgan fingerprint density at radius 2 is 2.10 bits per heavy atom. The van der Waals surface area contributed by atoms with Crippen LogP contribution in [0.5, 0.6) is 0 Å². The number of aryl methyl sites for hydroxylation is 1. The van der Waals surface area contributed by atoms with E-state index in [0.717, 1.165) is 29.7 Å². The number of para-hydroxylation sites is 2. The molecule has 1 unspecified atom stereocenters. The van der Waals surface area contributed by atoms with Gasteiger partial charge in [0.15, 0.2) is 0 Å². The fourth-order valence-corrected chi connectivity index (χ4v) is 3.25. The Labute approximate surface area is 122 Å². The van der Waals surface area contributed by atoms with E-state index in [1.165, 1.54) is 4.88 Å². The van der Waals surface area contributed by atoms with Crippen LogP contribution < -0.4 is 11.3 Å². The van der Waals surface area contributed by atoms with E-state index in [0.29, 0.717) is 0 Å². The molecule has 4 nitrogen and oxygen atoms in total. The van der Waals surface area contributed by atoms with Gasteiger partial charge in [0, 0.05) is 24.4 Å². The molecule has 0 aliphatic heterocycles. The Kier molecular flexibility index (Phi) is 3.82. The number of hydrogen-bond acceptors (Lipinski definition) is 4. The summed E-state index contributed by atoms with van der Waals surface area (Å²) in [6.07, 6.45) is 1.75. The summed E-state index contributed by atoms with van der Waals surface area (Å²) >= 11 is 1.76. The van der Waals surface area contributed by atoms with Crippen molar-refractivity contribution in [3.63, 3.8) is 0 Å². The quantitative estimate of drug-likeness (QED) is 0.559. The highest BCUT2D eigenvalue weighted by molar-refractivity contribution is 7.09. The van der Waals surface area contributed by atoms with Gasteiger partial charge in [-0.25, -0.2) is 4.98 Å². The number of benzene rings is 1. The van der Waals surface area contributed by atoms with Gasteiger partial charge in [-0.2, -0.15) is 0 Å². The molecule has 5 heteroatoms. The highest BCUT2D eigenvalue weighted by atomic mass is 32.1. The van der Waals surface area contributed by atoms with Gasteiger partial charge in [-0.15, -0.1) is 11.3 Å². The van der Waals surface area contributed by atoms with Crippen molar-refractivity contribution in [2.45, 2.75) is 18.9 Å². The van der Waals surface area contributed by atoms with Gasteiger partial charge in [0.05, 0.1) is 11.0 Å². The number of imidazole rings is 1. The first-order chi connectivity index (χ1) is 9.78. The molecule has 0 saturated carbocycles. The van der Waals surface area contributed by atoms with Crippen LogP contribution in [0.1, 0.15) is 10.7 Å². The first-order valence-corrected chi connectivity index (χ1v) is 7.54. The number of nitrogens with two attached hydrogens (primary N) is 1. The summed E-state index contributed by atoms with van der Waals surface area (Å²) in [6.45, 7) is 0. The molecule has 104 valence electrons. The summed E-state index contributed by atoms with van der Waals surface area (Å²) in [5.74, 6) is 6.76. The van der Waals surface area contributed by atoms with Crippen LogP contribution in [-0.2, 0) is 19.9 Å². The SMILES string of the molecule is Cn1c(CC(Cc2cccs2)NN)nc2ccccc21. The number of thiophene rings is 1. The van der Waals surface area contributed by atoms with Crippen LogP contribution in [0.2, 0.25) is 0 Å². The standard InChI is InChI=1S/C15H18N4S/c1-19-14-7-3-2-6-13(14)17-15(19)10-11(18-16)9-12-5-4-8-20-12/h2-8,11,18H,9-10,16H2,1H3. The highest BCUT2D eigenvalue weighted by Gasteiger charge is 2.14. The van der Waals surface area contributed by atoms with E-state index in [1.807, 2.05) is 18.2 Å². The molecule has 3 aromatic rings. The minimum Gasteiger partial charge on any atom is -0.331 e. The fourth-order valence-electron chi connectivity index (χ4n) is 2.46. The molecular weight excluding hydrogens is 268 g/mol. The Bertz CT molecular complexity index is 687. The van der Waals surface area contributed by atoms with Gasteiger partial charge < -0.3 is 4.57 Å². The lowest BCUT2D eigenvalue weighted by Gasteiger charge is -2.14. The summed E-state index contributed by atoms with van der Waals surface area (Å²) in [5.41, 5.74) is 5.11. The molecule has 1 atom stereocenters. The lowest BCUT2D eigenvalue weighted by Crippen LogP contribution is -2.38. The Balaban J connectivity index is 1.82. The molecule has 0 spiro atoms. The maximum atomic E-state index is 5.70. The molecule has 0 aliphatic rings. The van der Waals surface area contributed by atoms with E-state index in [-0.39, 0.29) is 6.04 Å². The normalized spacial score (nSPS) is 12.9. The van der Waals surface area contributed by atoms with E-state index in [1.54, 1.807) is 11.3 Å². The van der Waals surface area contributed by atoms with Crippen molar-refractivity contribution in [3.05, 3.63) is 52.5 Å². The number of nitrogens with one attached hydrogen (secondary N) is 1. The topological polar surface area (TPSA) is 55.9 Å². The lowest BCUT2D eigenvalue weighted by atomic mass is 10.1. The molecule has 0 amide bonds. The molecule has 0 radical (unpaired) electrons. The second-order valence-electron chi connectivity index (χ2n) is 4.93. The summed E-state index contributed by atoms with van der Waals surface area (Å²) in [7, 11) is 2.06. The molecule has 2 heterocycles. The summed E-state index contributed by atoms with van der Waals surface area (Å²) in [4.78, 5) is 6.04. The summed E-state index contributed by atoms with van der Waals surface area (Å²) in [5, 5.41) is 2.10. The first-order valence-electron chi connectivity index (χ1n) is 6.67. The van der Waals surface area contributed by atoms with Crippen molar-refractivity contribution in [1.29, 1.82) is 0 Å². The maximum absolute atomic E-state index is 5.70. The van der Waals surface area contributed by atoms with E-state index >= 15 is 0 Å². The van der Waals surface area contributed by atoms with Crippen LogP contribution in [0.3, 0.4) is 0 Å². The van der Waals surface area contributed by atoms with Gasteiger partial charge >= 0.3 is 0 Å². The first kappa shape index (κ1) is 13.3. The van der Waals surface area contributed by atoms with Gasteiger partial charge in [0.25, 0.3) is 0 Å². The average molecular weight is 286 g/mol. The van der Waals surface area contributed by atoms with Crippen molar-refractivity contribution in [3.8, 4) is 0 Å². The number of hydrazine groups is 1. The monoisotopic (exact) mass is 286 g/mol. The van der Waals surface area contributed by atoms with Gasteiger partial charge in [-0.05, 0) is 30.0 Å². The average Bonchev–Trinajstić information content (AvgIpc) is 3.08. The second-order valence-corrected chi connectivity index (χ2v) is 5.96. The number of rotatable bonds is 5. The molecule has 0 saturated heterocycles. The third-order valence-corrected chi connectivity index (χ3v) is 4.47. The van der Waals surface area contributed by atoms with E-state index in [9.17, 15) is 0 Å². The van der Waals surface area contributed by atoms with Gasteiger partial charge in [-0.1, -0.05) is 18.2 Å². The number of fused-ring (bicyclic) bond motifs is 1. The van der Waals surface area contributed by atoms with Crippen LogP contribution in [0.15, 0.2) is 41.8 Å². The zero-order chi connectivity index (χ0) is 13.9. The second kappa shape index (κ2) is 5.75. The number of nitrogens with zero attached hydrogens (tertiary/aromatic N) is 2. The molecule has 3 rings (SSSR count). The number of aromatic nitrogens is 2. The van der Waals surface area contributed by atoms with Crippen molar-refractivity contribution < 1.29 is 0 Å². The Hall–Kier alpha value is -1.69. The van der Waals surface area contributed by atoms with E-state index < -0.39 is 0 Å². The Morgan fingerprint density at radius 3 is 2.80 bits per heavy atom. The maximum Gasteiger partial charge on any atom is 0.111 e. The molecule has 20 heavy (non-hydrogen) atoms. The minimum absolute atomic E-state index is 0.198. The molecule has 2 aromatic heterocycles. The van der Waals surface area contributed by atoms with Crippen LogP contribution in [0, 0.1) is 0 Å². The highest BCUT2D eigenvalue weighted by Crippen LogP contribution is 2.17. The Morgan fingerprint density at radius 1 is 1.25 bits per heavy atom.